The van der Waals surface area contributed by atoms with E-state index >= 15 is 0 Å². The minimum Gasteiger partial charge on any atom is -0.466 e. The van der Waals surface area contributed by atoms with Crippen molar-refractivity contribution in [2.45, 2.75) is 20.4 Å². The quantitative estimate of drug-likeness (QED) is 0.910. The Labute approximate surface area is 118 Å². The van der Waals surface area contributed by atoms with Crippen LogP contribution < -0.4 is 0 Å². The van der Waals surface area contributed by atoms with Crippen molar-refractivity contribution in [3.8, 4) is 0 Å². The van der Waals surface area contributed by atoms with Gasteiger partial charge < -0.3 is 14.4 Å². The number of rotatable bonds is 5. The van der Waals surface area contributed by atoms with E-state index in [0.29, 0.717) is 24.4 Å². The molecule has 4 nitrogen and oxygen atoms in total. The molecule has 1 aromatic heterocycles. The van der Waals surface area contributed by atoms with E-state index in [-0.39, 0.29) is 12.5 Å². The maximum absolute atomic E-state index is 12.5. The second-order valence-corrected chi connectivity index (χ2v) is 4.76. The van der Waals surface area contributed by atoms with Crippen LogP contribution in [-0.2, 0) is 6.54 Å². The fourth-order valence-corrected chi connectivity index (χ4v) is 2.19. The molecule has 0 aliphatic rings. The van der Waals surface area contributed by atoms with Crippen LogP contribution in [0.1, 0.15) is 27.4 Å². The summed E-state index contributed by atoms with van der Waals surface area (Å²) in [6, 6.07) is 11.5. The molecular weight excluding hydrogens is 254 g/mol. The zero-order valence-electron chi connectivity index (χ0n) is 11.8. The third kappa shape index (κ3) is 3.27. The van der Waals surface area contributed by atoms with Crippen LogP contribution in [0.5, 0.6) is 0 Å². The van der Waals surface area contributed by atoms with Crippen LogP contribution in [0.4, 0.5) is 0 Å². The molecule has 1 N–H and O–H groups in total. The van der Waals surface area contributed by atoms with Crippen molar-refractivity contribution in [3.05, 3.63) is 59.0 Å². The second kappa shape index (κ2) is 6.39. The van der Waals surface area contributed by atoms with Crippen molar-refractivity contribution in [2.75, 3.05) is 13.2 Å². The zero-order chi connectivity index (χ0) is 14.5. The van der Waals surface area contributed by atoms with Crippen LogP contribution in [0.3, 0.4) is 0 Å². The number of nitrogens with zero attached hydrogens (tertiary/aromatic N) is 1. The standard InChI is InChI=1S/C16H19NO3/c1-12-10-15(13(2)20-12)16(19)17(8-9-18)11-14-6-4-3-5-7-14/h3-7,10,18H,8-9,11H2,1-2H3. The Hall–Kier alpha value is -2.07. The van der Waals surface area contributed by atoms with Crippen molar-refractivity contribution in [1.82, 2.24) is 4.90 Å². The first kappa shape index (κ1) is 14.3. The summed E-state index contributed by atoms with van der Waals surface area (Å²) in [5.74, 6) is 1.22. The van der Waals surface area contributed by atoms with Gasteiger partial charge in [0, 0.05) is 13.1 Å². The van der Waals surface area contributed by atoms with E-state index in [1.807, 2.05) is 37.3 Å². The number of benzene rings is 1. The molecule has 0 saturated heterocycles. The molecule has 0 saturated carbocycles. The number of hydrogen-bond acceptors (Lipinski definition) is 3. The molecule has 2 rings (SSSR count). The lowest BCUT2D eigenvalue weighted by Gasteiger charge is -2.21. The minimum absolute atomic E-state index is 0.0611. The first-order chi connectivity index (χ1) is 9.61. The van der Waals surface area contributed by atoms with Gasteiger partial charge in [-0.25, -0.2) is 0 Å². The number of amides is 1. The molecule has 0 bridgehead atoms. The molecule has 0 aliphatic heterocycles. The zero-order valence-corrected chi connectivity index (χ0v) is 11.8. The highest BCUT2D eigenvalue weighted by Crippen LogP contribution is 2.17. The lowest BCUT2D eigenvalue weighted by atomic mass is 10.1. The van der Waals surface area contributed by atoms with Crippen molar-refractivity contribution in [1.29, 1.82) is 0 Å². The third-order valence-electron chi connectivity index (χ3n) is 3.14. The van der Waals surface area contributed by atoms with Gasteiger partial charge in [-0.1, -0.05) is 30.3 Å². The SMILES string of the molecule is Cc1cc(C(=O)N(CCO)Cc2ccccc2)c(C)o1. The van der Waals surface area contributed by atoms with Crippen LogP contribution in [0, 0.1) is 13.8 Å². The number of aliphatic hydroxyl groups is 1. The van der Waals surface area contributed by atoms with Crippen molar-refractivity contribution < 1.29 is 14.3 Å². The number of aliphatic hydroxyl groups excluding tert-OH is 1. The summed E-state index contributed by atoms with van der Waals surface area (Å²) in [6.45, 7) is 4.31. The van der Waals surface area contributed by atoms with Crippen molar-refractivity contribution in [3.63, 3.8) is 0 Å². The predicted octanol–water partition coefficient (Wildman–Crippen LogP) is 2.53. The van der Waals surface area contributed by atoms with E-state index in [1.165, 1.54) is 0 Å². The largest absolute Gasteiger partial charge is 0.466 e. The van der Waals surface area contributed by atoms with Gasteiger partial charge in [-0.05, 0) is 25.5 Å². The van der Waals surface area contributed by atoms with E-state index in [4.69, 9.17) is 9.52 Å². The summed E-state index contributed by atoms with van der Waals surface area (Å²) in [7, 11) is 0. The fraction of sp³-hybridized carbons (Fsp3) is 0.312. The molecule has 0 spiro atoms. The lowest BCUT2D eigenvalue weighted by molar-refractivity contribution is 0.0706. The molecule has 1 heterocycles. The highest BCUT2D eigenvalue weighted by molar-refractivity contribution is 5.95. The minimum atomic E-state index is -0.114. The summed E-state index contributed by atoms with van der Waals surface area (Å²) in [5, 5.41) is 9.17. The molecule has 4 heteroatoms. The van der Waals surface area contributed by atoms with E-state index in [9.17, 15) is 4.79 Å². The molecule has 1 amide bonds. The predicted molar refractivity (Wildman–Crippen MR) is 76.5 cm³/mol. The molecule has 0 aliphatic carbocycles. The van der Waals surface area contributed by atoms with Gasteiger partial charge in [-0.15, -0.1) is 0 Å². The van der Waals surface area contributed by atoms with Gasteiger partial charge in [-0.2, -0.15) is 0 Å². The average molecular weight is 273 g/mol. The fourth-order valence-electron chi connectivity index (χ4n) is 2.19. The topological polar surface area (TPSA) is 53.7 Å². The Balaban J connectivity index is 2.20. The van der Waals surface area contributed by atoms with Gasteiger partial charge in [0.15, 0.2) is 0 Å². The summed E-state index contributed by atoms with van der Waals surface area (Å²) in [5.41, 5.74) is 1.60. The van der Waals surface area contributed by atoms with Crippen LogP contribution in [0.25, 0.3) is 0 Å². The highest BCUT2D eigenvalue weighted by Gasteiger charge is 2.20. The molecule has 106 valence electrons. The van der Waals surface area contributed by atoms with Crippen molar-refractivity contribution in [2.24, 2.45) is 0 Å². The van der Waals surface area contributed by atoms with E-state index < -0.39 is 0 Å². The highest BCUT2D eigenvalue weighted by atomic mass is 16.3. The summed E-state index contributed by atoms with van der Waals surface area (Å²) < 4.78 is 5.40. The van der Waals surface area contributed by atoms with Gasteiger partial charge in [0.05, 0.1) is 12.2 Å². The molecule has 0 fully saturated rings. The molecule has 0 atom stereocenters. The Morgan fingerprint density at radius 2 is 1.95 bits per heavy atom. The smallest absolute Gasteiger partial charge is 0.257 e. The van der Waals surface area contributed by atoms with Gasteiger partial charge in [0.25, 0.3) is 5.91 Å². The first-order valence-corrected chi connectivity index (χ1v) is 6.63. The number of carbonyl (C=O) groups is 1. The molecule has 0 radical (unpaired) electrons. The van der Waals surface area contributed by atoms with Gasteiger partial charge in [-0.3, -0.25) is 4.79 Å². The van der Waals surface area contributed by atoms with Gasteiger partial charge in [0.1, 0.15) is 11.5 Å². The lowest BCUT2D eigenvalue weighted by Crippen LogP contribution is -2.33. The average Bonchev–Trinajstić information content (AvgIpc) is 2.77. The number of aryl methyl sites for hydroxylation is 2. The van der Waals surface area contributed by atoms with Gasteiger partial charge >= 0.3 is 0 Å². The first-order valence-electron chi connectivity index (χ1n) is 6.63. The molecule has 2 aromatic rings. The van der Waals surface area contributed by atoms with Crippen molar-refractivity contribution >= 4 is 5.91 Å². The number of furan rings is 1. The van der Waals surface area contributed by atoms with E-state index in [0.717, 1.165) is 11.3 Å². The summed E-state index contributed by atoms with van der Waals surface area (Å²) >= 11 is 0. The number of hydrogen-bond donors (Lipinski definition) is 1. The maximum atomic E-state index is 12.5. The van der Waals surface area contributed by atoms with Crippen LogP contribution in [-0.4, -0.2) is 29.1 Å². The van der Waals surface area contributed by atoms with Gasteiger partial charge in [0.2, 0.25) is 0 Å². The van der Waals surface area contributed by atoms with Crippen LogP contribution in [0.2, 0.25) is 0 Å². The van der Waals surface area contributed by atoms with E-state index in [1.54, 1.807) is 17.9 Å². The molecule has 1 aromatic carbocycles. The Morgan fingerprint density at radius 1 is 1.25 bits per heavy atom. The molecular formula is C16H19NO3. The third-order valence-corrected chi connectivity index (χ3v) is 3.14. The van der Waals surface area contributed by atoms with Crippen LogP contribution >= 0.6 is 0 Å². The second-order valence-electron chi connectivity index (χ2n) is 4.76. The van der Waals surface area contributed by atoms with Crippen LogP contribution in [0.15, 0.2) is 40.8 Å². The monoisotopic (exact) mass is 273 g/mol. The Bertz CT molecular complexity index is 575. The Morgan fingerprint density at radius 3 is 2.50 bits per heavy atom. The summed E-state index contributed by atoms with van der Waals surface area (Å²) in [4.78, 5) is 14.2. The maximum Gasteiger partial charge on any atom is 0.257 e. The Kier molecular flexibility index (Phi) is 4.58. The number of carbonyl (C=O) groups excluding carboxylic acids is 1. The van der Waals surface area contributed by atoms with E-state index in [2.05, 4.69) is 0 Å². The molecule has 0 unspecified atom stereocenters. The molecule has 20 heavy (non-hydrogen) atoms. The summed E-state index contributed by atoms with van der Waals surface area (Å²) in [6.07, 6.45) is 0. The normalized spacial score (nSPS) is 10.6.